The van der Waals surface area contributed by atoms with Crippen molar-refractivity contribution in [2.24, 2.45) is 0 Å². The number of hydrogen-bond donors (Lipinski definition) is 3. The van der Waals surface area contributed by atoms with Gasteiger partial charge in [-0.05, 0) is 37.6 Å². The molecule has 21 heavy (non-hydrogen) atoms. The third kappa shape index (κ3) is 3.99. The number of aromatic hydroxyl groups is 1. The molecule has 2 aromatic rings. The Labute approximate surface area is 124 Å². The van der Waals surface area contributed by atoms with Crippen molar-refractivity contribution >= 4 is 17.3 Å². The highest BCUT2D eigenvalue weighted by Crippen LogP contribution is 2.23. The second-order valence-corrected chi connectivity index (χ2v) is 5.20. The average Bonchev–Trinajstić information content (AvgIpc) is 2.42. The Morgan fingerprint density at radius 2 is 1.90 bits per heavy atom. The molecule has 4 heteroatoms. The molecular weight excluding hydrogens is 264 g/mol. The van der Waals surface area contributed by atoms with Gasteiger partial charge in [-0.2, -0.15) is 0 Å². The summed E-state index contributed by atoms with van der Waals surface area (Å²) in [4.78, 5) is 11.1. The van der Waals surface area contributed by atoms with E-state index >= 15 is 0 Å². The van der Waals surface area contributed by atoms with Crippen molar-refractivity contribution in [3.8, 4) is 5.75 Å². The normalized spacial score (nSPS) is 10.2. The summed E-state index contributed by atoms with van der Waals surface area (Å²) >= 11 is 0. The summed E-state index contributed by atoms with van der Waals surface area (Å²) in [5, 5.41) is 15.9. The smallest absolute Gasteiger partial charge is 0.221 e. The van der Waals surface area contributed by atoms with Crippen molar-refractivity contribution in [2.45, 2.75) is 27.3 Å². The van der Waals surface area contributed by atoms with Crippen molar-refractivity contribution in [3.05, 3.63) is 53.1 Å². The molecule has 0 aliphatic heterocycles. The van der Waals surface area contributed by atoms with Crippen LogP contribution in [0.25, 0.3) is 0 Å². The second kappa shape index (κ2) is 6.31. The van der Waals surface area contributed by atoms with Gasteiger partial charge in [-0.3, -0.25) is 4.79 Å². The first-order valence-electron chi connectivity index (χ1n) is 6.86. The average molecular weight is 284 g/mol. The van der Waals surface area contributed by atoms with E-state index in [1.807, 2.05) is 44.2 Å². The SMILES string of the molecule is CC(=O)Nc1ccc(C)c(NCc2cc(C)ccc2O)c1. The van der Waals surface area contributed by atoms with Crippen LogP contribution in [-0.4, -0.2) is 11.0 Å². The number of rotatable bonds is 4. The first kappa shape index (κ1) is 14.9. The van der Waals surface area contributed by atoms with Gasteiger partial charge in [0.2, 0.25) is 5.91 Å². The van der Waals surface area contributed by atoms with Crippen LogP contribution in [0.3, 0.4) is 0 Å². The van der Waals surface area contributed by atoms with E-state index in [-0.39, 0.29) is 11.7 Å². The first-order chi connectivity index (χ1) is 9.95. The molecular formula is C17H20N2O2. The number of phenols is 1. The van der Waals surface area contributed by atoms with Crippen molar-refractivity contribution in [1.82, 2.24) is 0 Å². The molecule has 0 saturated carbocycles. The first-order valence-corrected chi connectivity index (χ1v) is 6.86. The van der Waals surface area contributed by atoms with E-state index in [2.05, 4.69) is 10.6 Å². The highest BCUT2D eigenvalue weighted by Gasteiger charge is 2.05. The molecule has 2 rings (SSSR count). The minimum atomic E-state index is -0.0962. The van der Waals surface area contributed by atoms with E-state index in [4.69, 9.17) is 0 Å². The summed E-state index contributed by atoms with van der Waals surface area (Å²) in [7, 11) is 0. The summed E-state index contributed by atoms with van der Waals surface area (Å²) in [6, 6.07) is 11.2. The second-order valence-electron chi connectivity index (χ2n) is 5.20. The lowest BCUT2D eigenvalue weighted by Crippen LogP contribution is -2.07. The molecule has 0 heterocycles. The van der Waals surface area contributed by atoms with Crippen LogP contribution in [0.2, 0.25) is 0 Å². The zero-order chi connectivity index (χ0) is 15.4. The Morgan fingerprint density at radius 1 is 1.14 bits per heavy atom. The van der Waals surface area contributed by atoms with Gasteiger partial charge in [0, 0.05) is 30.4 Å². The molecule has 4 nitrogen and oxygen atoms in total. The summed E-state index contributed by atoms with van der Waals surface area (Å²) < 4.78 is 0. The van der Waals surface area contributed by atoms with Gasteiger partial charge < -0.3 is 15.7 Å². The van der Waals surface area contributed by atoms with E-state index in [1.54, 1.807) is 6.07 Å². The van der Waals surface area contributed by atoms with Crippen molar-refractivity contribution < 1.29 is 9.90 Å². The molecule has 0 fully saturated rings. The number of nitrogens with one attached hydrogen (secondary N) is 2. The van der Waals surface area contributed by atoms with Crippen LogP contribution in [0.15, 0.2) is 36.4 Å². The van der Waals surface area contributed by atoms with Crippen LogP contribution in [0, 0.1) is 13.8 Å². The third-order valence-corrected chi connectivity index (χ3v) is 3.26. The number of amides is 1. The molecule has 110 valence electrons. The van der Waals surface area contributed by atoms with Gasteiger partial charge in [-0.15, -0.1) is 0 Å². The maximum atomic E-state index is 11.1. The number of carbonyl (C=O) groups is 1. The van der Waals surface area contributed by atoms with E-state index in [9.17, 15) is 9.90 Å². The monoisotopic (exact) mass is 284 g/mol. The van der Waals surface area contributed by atoms with Gasteiger partial charge in [0.25, 0.3) is 0 Å². The maximum Gasteiger partial charge on any atom is 0.221 e. The molecule has 0 unspecified atom stereocenters. The molecule has 0 aliphatic carbocycles. The maximum absolute atomic E-state index is 11.1. The van der Waals surface area contributed by atoms with Crippen LogP contribution in [0.4, 0.5) is 11.4 Å². The van der Waals surface area contributed by atoms with Crippen LogP contribution in [-0.2, 0) is 11.3 Å². The Kier molecular flexibility index (Phi) is 4.48. The highest BCUT2D eigenvalue weighted by molar-refractivity contribution is 5.89. The van der Waals surface area contributed by atoms with Gasteiger partial charge in [0.15, 0.2) is 0 Å². The largest absolute Gasteiger partial charge is 0.508 e. The predicted molar refractivity (Wildman–Crippen MR) is 85.7 cm³/mol. The van der Waals surface area contributed by atoms with Gasteiger partial charge in [-0.1, -0.05) is 23.8 Å². The van der Waals surface area contributed by atoms with Crippen LogP contribution >= 0.6 is 0 Å². The van der Waals surface area contributed by atoms with Crippen molar-refractivity contribution in [2.75, 3.05) is 10.6 Å². The lowest BCUT2D eigenvalue weighted by Gasteiger charge is -2.13. The molecule has 3 N–H and O–H groups in total. The van der Waals surface area contributed by atoms with E-state index in [1.165, 1.54) is 6.92 Å². The molecule has 2 aromatic carbocycles. The number of benzene rings is 2. The van der Waals surface area contributed by atoms with E-state index in [0.29, 0.717) is 6.54 Å². The minimum Gasteiger partial charge on any atom is -0.508 e. The number of carbonyl (C=O) groups excluding carboxylic acids is 1. The van der Waals surface area contributed by atoms with Gasteiger partial charge >= 0.3 is 0 Å². The highest BCUT2D eigenvalue weighted by atomic mass is 16.3. The molecule has 0 aliphatic rings. The zero-order valence-electron chi connectivity index (χ0n) is 12.5. The number of aryl methyl sites for hydroxylation is 2. The quantitative estimate of drug-likeness (QED) is 0.804. The molecule has 0 radical (unpaired) electrons. The van der Waals surface area contributed by atoms with Crippen LogP contribution in [0.5, 0.6) is 5.75 Å². The lowest BCUT2D eigenvalue weighted by molar-refractivity contribution is -0.114. The minimum absolute atomic E-state index is 0.0962. The van der Waals surface area contributed by atoms with Gasteiger partial charge in [0.1, 0.15) is 5.75 Å². The molecule has 0 aromatic heterocycles. The number of hydrogen-bond acceptors (Lipinski definition) is 3. The third-order valence-electron chi connectivity index (χ3n) is 3.26. The topological polar surface area (TPSA) is 61.4 Å². The summed E-state index contributed by atoms with van der Waals surface area (Å²) in [5.74, 6) is 0.185. The fourth-order valence-corrected chi connectivity index (χ4v) is 2.14. The van der Waals surface area contributed by atoms with Crippen LogP contribution in [0.1, 0.15) is 23.6 Å². The Hall–Kier alpha value is -2.49. The van der Waals surface area contributed by atoms with Crippen molar-refractivity contribution in [1.29, 1.82) is 0 Å². The summed E-state index contributed by atoms with van der Waals surface area (Å²) in [6.45, 7) is 6.00. The predicted octanol–water partition coefficient (Wildman–Crippen LogP) is 3.58. The molecule has 1 amide bonds. The molecule has 0 saturated heterocycles. The van der Waals surface area contributed by atoms with Gasteiger partial charge in [-0.25, -0.2) is 0 Å². The molecule has 0 spiro atoms. The Morgan fingerprint density at radius 3 is 2.62 bits per heavy atom. The van der Waals surface area contributed by atoms with Gasteiger partial charge in [0.05, 0.1) is 0 Å². The Bertz CT molecular complexity index is 666. The van der Waals surface area contributed by atoms with Crippen molar-refractivity contribution in [3.63, 3.8) is 0 Å². The summed E-state index contributed by atoms with van der Waals surface area (Å²) in [5.41, 5.74) is 4.72. The van der Waals surface area contributed by atoms with E-state index < -0.39 is 0 Å². The molecule has 0 atom stereocenters. The zero-order valence-corrected chi connectivity index (χ0v) is 12.5. The number of phenolic OH excluding ortho intramolecular Hbond substituents is 1. The summed E-state index contributed by atoms with van der Waals surface area (Å²) in [6.07, 6.45) is 0. The fourth-order valence-electron chi connectivity index (χ4n) is 2.14. The standard InChI is InChI=1S/C17H20N2O2/c1-11-4-7-17(21)14(8-11)10-18-16-9-15(19-13(3)20)6-5-12(16)2/h4-9,18,21H,10H2,1-3H3,(H,19,20). The fraction of sp³-hybridized carbons (Fsp3) is 0.235. The Balaban J connectivity index is 2.15. The van der Waals surface area contributed by atoms with E-state index in [0.717, 1.165) is 28.1 Å². The number of anilines is 2. The van der Waals surface area contributed by atoms with Crippen LogP contribution < -0.4 is 10.6 Å². The lowest BCUT2D eigenvalue weighted by atomic mass is 10.1. The molecule has 0 bridgehead atoms.